The number of aromatic hydroxyl groups is 1. The lowest BCUT2D eigenvalue weighted by molar-refractivity contribution is 0.102. The number of benzene rings is 2. The zero-order chi connectivity index (χ0) is 26.6. The Kier molecular flexibility index (Phi) is 8.18. The van der Waals surface area contributed by atoms with Gasteiger partial charge in [-0.05, 0) is 91.5 Å². The van der Waals surface area contributed by atoms with Gasteiger partial charge in [0.1, 0.15) is 5.75 Å². The zero-order valence-electron chi connectivity index (χ0n) is 23.2. The summed E-state index contributed by atoms with van der Waals surface area (Å²) >= 11 is 0. The number of amides is 1. The van der Waals surface area contributed by atoms with Crippen molar-refractivity contribution in [1.82, 2.24) is 14.7 Å². The van der Waals surface area contributed by atoms with Crippen molar-refractivity contribution < 1.29 is 9.90 Å². The highest BCUT2D eigenvalue weighted by Gasteiger charge is 2.26. The highest BCUT2D eigenvalue weighted by Crippen LogP contribution is 2.29. The third-order valence-corrected chi connectivity index (χ3v) is 8.31. The molecule has 1 aliphatic heterocycles. The van der Waals surface area contributed by atoms with Gasteiger partial charge in [-0.25, -0.2) is 0 Å². The fourth-order valence-corrected chi connectivity index (χ4v) is 6.08. The Morgan fingerprint density at radius 2 is 1.89 bits per heavy atom. The van der Waals surface area contributed by atoms with Crippen molar-refractivity contribution >= 4 is 11.7 Å². The van der Waals surface area contributed by atoms with Crippen molar-refractivity contribution in [3.05, 3.63) is 76.0 Å². The van der Waals surface area contributed by atoms with Crippen molar-refractivity contribution in [3.8, 4) is 5.75 Å². The highest BCUT2D eigenvalue weighted by atomic mass is 16.3. The van der Waals surface area contributed by atoms with Crippen LogP contribution in [0.5, 0.6) is 5.75 Å². The molecular weight excluding hydrogens is 472 g/mol. The average molecular weight is 515 g/mol. The molecule has 0 saturated heterocycles. The van der Waals surface area contributed by atoms with Crippen LogP contribution in [0.15, 0.2) is 42.5 Å². The van der Waals surface area contributed by atoms with E-state index in [0.29, 0.717) is 23.8 Å². The Hall–Kier alpha value is -3.12. The van der Waals surface area contributed by atoms with Crippen LogP contribution in [0, 0.1) is 12.8 Å². The summed E-state index contributed by atoms with van der Waals surface area (Å²) in [5.74, 6) is 1.38. The topological polar surface area (TPSA) is 70.4 Å². The van der Waals surface area contributed by atoms with Gasteiger partial charge < -0.3 is 10.4 Å². The van der Waals surface area contributed by atoms with E-state index in [4.69, 9.17) is 0 Å². The van der Waals surface area contributed by atoms with Crippen LogP contribution in [0.25, 0.3) is 0 Å². The Balaban J connectivity index is 1.24. The molecule has 1 fully saturated rings. The van der Waals surface area contributed by atoms with Gasteiger partial charge >= 0.3 is 0 Å². The largest absolute Gasteiger partial charge is 0.508 e. The molecule has 6 heteroatoms. The van der Waals surface area contributed by atoms with E-state index in [0.717, 1.165) is 49.7 Å². The summed E-state index contributed by atoms with van der Waals surface area (Å²) in [5.41, 5.74) is 6.61. The molecule has 38 heavy (non-hydrogen) atoms. The van der Waals surface area contributed by atoms with Crippen molar-refractivity contribution in [2.45, 2.75) is 91.3 Å². The SMILES string of the molecule is Cc1cc(NC(=O)c2ccc3c(c2)CCN(C2CCCC2)C3)nn1Cc1cc(O)ccc1CCCC(C)C. The fraction of sp³-hybridized carbons (Fsp3) is 0.500. The number of hydrogen-bond acceptors (Lipinski definition) is 4. The second-order valence-electron chi connectivity index (χ2n) is 11.7. The minimum atomic E-state index is -0.123. The Labute approximate surface area is 227 Å². The monoisotopic (exact) mass is 514 g/mol. The standard InChI is InChI=1S/C32H42N4O2/c1-22(2)7-6-8-24-13-14-30(37)19-28(24)21-36-23(3)17-31(34-36)33-32(38)26-11-12-27-20-35(16-15-25(27)18-26)29-9-4-5-10-29/h11-14,17-19,22,29,37H,4-10,15-16,20-21H2,1-3H3,(H,33,34,38). The molecule has 0 bridgehead atoms. The van der Waals surface area contributed by atoms with E-state index in [1.165, 1.54) is 48.8 Å². The number of fused-ring (bicyclic) bond motifs is 1. The van der Waals surface area contributed by atoms with Gasteiger partial charge in [0.2, 0.25) is 0 Å². The van der Waals surface area contributed by atoms with Gasteiger partial charge in [-0.2, -0.15) is 5.10 Å². The first-order valence-corrected chi connectivity index (χ1v) is 14.4. The van der Waals surface area contributed by atoms with Gasteiger partial charge in [0.15, 0.2) is 5.82 Å². The van der Waals surface area contributed by atoms with Crippen LogP contribution in [0.4, 0.5) is 5.82 Å². The summed E-state index contributed by atoms with van der Waals surface area (Å²) in [4.78, 5) is 15.8. The Morgan fingerprint density at radius 1 is 1.08 bits per heavy atom. The fourth-order valence-electron chi connectivity index (χ4n) is 6.08. The number of nitrogens with zero attached hydrogens (tertiary/aromatic N) is 3. The lowest BCUT2D eigenvalue weighted by atomic mass is 9.95. The molecule has 5 rings (SSSR count). The van der Waals surface area contributed by atoms with Gasteiger partial charge in [0.25, 0.3) is 5.91 Å². The number of nitrogens with one attached hydrogen (secondary N) is 1. The molecule has 0 unspecified atom stereocenters. The van der Waals surface area contributed by atoms with Crippen molar-refractivity contribution in [2.75, 3.05) is 11.9 Å². The van der Waals surface area contributed by atoms with E-state index >= 15 is 0 Å². The van der Waals surface area contributed by atoms with Crippen LogP contribution in [0.2, 0.25) is 0 Å². The van der Waals surface area contributed by atoms with Crippen molar-refractivity contribution in [2.24, 2.45) is 5.92 Å². The average Bonchev–Trinajstić information content (AvgIpc) is 3.55. The molecule has 2 heterocycles. The first-order valence-electron chi connectivity index (χ1n) is 14.4. The Bertz CT molecular complexity index is 1270. The van der Waals surface area contributed by atoms with Crippen LogP contribution in [-0.4, -0.2) is 38.3 Å². The summed E-state index contributed by atoms with van der Waals surface area (Å²) in [6, 6.07) is 14.4. The first kappa shape index (κ1) is 26.5. The van der Waals surface area contributed by atoms with Crippen LogP contribution in [-0.2, 0) is 25.9 Å². The van der Waals surface area contributed by atoms with Crippen molar-refractivity contribution in [3.63, 3.8) is 0 Å². The Morgan fingerprint density at radius 3 is 2.68 bits per heavy atom. The number of hydrogen-bond donors (Lipinski definition) is 2. The molecule has 0 radical (unpaired) electrons. The van der Waals surface area contributed by atoms with E-state index in [9.17, 15) is 9.90 Å². The zero-order valence-corrected chi connectivity index (χ0v) is 23.2. The van der Waals surface area contributed by atoms with E-state index in [1.807, 2.05) is 35.9 Å². The predicted octanol–water partition coefficient (Wildman–Crippen LogP) is 6.48. The number of anilines is 1. The first-order chi connectivity index (χ1) is 18.4. The third-order valence-electron chi connectivity index (χ3n) is 8.31. The van der Waals surface area contributed by atoms with Gasteiger partial charge in [-0.3, -0.25) is 14.4 Å². The molecule has 1 amide bonds. The number of phenols is 1. The molecule has 2 aromatic carbocycles. The van der Waals surface area contributed by atoms with Gasteiger partial charge in [0.05, 0.1) is 6.54 Å². The van der Waals surface area contributed by atoms with Crippen LogP contribution >= 0.6 is 0 Å². The van der Waals surface area contributed by atoms with E-state index < -0.39 is 0 Å². The minimum absolute atomic E-state index is 0.123. The maximum absolute atomic E-state index is 13.1. The second kappa shape index (κ2) is 11.7. The van der Waals surface area contributed by atoms with Gasteiger partial charge in [0, 0.05) is 36.5 Å². The minimum Gasteiger partial charge on any atom is -0.508 e. The summed E-state index contributed by atoms with van der Waals surface area (Å²) in [6.45, 7) is 9.13. The molecular formula is C32H42N4O2. The lowest BCUT2D eigenvalue weighted by Gasteiger charge is -2.33. The summed E-state index contributed by atoms with van der Waals surface area (Å²) < 4.78 is 1.90. The molecule has 2 aliphatic rings. The molecule has 1 aliphatic carbocycles. The maximum Gasteiger partial charge on any atom is 0.256 e. The van der Waals surface area contributed by atoms with Gasteiger partial charge in [-0.1, -0.05) is 45.2 Å². The lowest BCUT2D eigenvalue weighted by Crippen LogP contribution is -2.37. The van der Waals surface area contributed by atoms with E-state index in [1.54, 1.807) is 6.07 Å². The van der Waals surface area contributed by atoms with Crippen LogP contribution in [0.1, 0.15) is 90.7 Å². The third kappa shape index (κ3) is 6.29. The summed E-state index contributed by atoms with van der Waals surface area (Å²) in [5, 5.41) is 17.8. The molecule has 6 nitrogen and oxygen atoms in total. The van der Waals surface area contributed by atoms with Crippen LogP contribution in [0.3, 0.4) is 0 Å². The molecule has 3 aromatic rings. The normalized spacial score (nSPS) is 16.2. The molecule has 0 spiro atoms. The van der Waals surface area contributed by atoms with E-state index in [-0.39, 0.29) is 11.7 Å². The molecule has 1 aromatic heterocycles. The number of carbonyl (C=O) groups excluding carboxylic acids is 1. The number of aromatic nitrogens is 2. The van der Waals surface area contributed by atoms with Crippen molar-refractivity contribution in [1.29, 1.82) is 0 Å². The quantitative estimate of drug-likeness (QED) is 0.343. The highest BCUT2D eigenvalue weighted by molar-refractivity contribution is 6.04. The molecule has 0 atom stereocenters. The summed E-state index contributed by atoms with van der Waals surface area (Å²) in [6.07, 6.45) is 9.65. The predicted molar refractivity (Wildman–Crippen MR) is 153 cm³/mol. The summed E-state index contributed by atoms with van der Waals surface area (Å²) in [7, 11) is 0. The van der Waals surface area contributed by atoms with Crippen LogP contribution < -0.4 is 5.32 Å². The second-order valence-corrected chi connectivity index (χ2v) is 11.7. The number of rotatable bonds is 9. The molecule has 202 valence electrons. The van der Waals surface area contributed by atoms with Gasteiger partial charge in [-0.15, -0.1) is 0 Å². The molecule has 1 saturated carbocycles. The number of phenolic OH excluding ortho intramolecular Hbond substituents is 1. The molecule has 2 N–H and O–H groups in total. The number of carbonyl (C=O) groups is 1. The number of aryl methyl sites for hydroxylation is 2. The maximum atomic E-state index is 13.1. The smallest absolute Gasteiger partial charge is 0.256 e. The van der Waals surface area contributed by atoms with E-state index in [2.05, 4.69) is 41.3 Å².